The van der Waals surface area contributed by atoms with Gasteiger partial charge < -0.3 is 9.84 Å². The molecule has 0 saturated carbocycles. The lowest BCUT2D eigenvalue weighted by atomic mass is 9.69. The Kier molecular flexibility index (Phi) is 2.74. The normalized spacial score (nSPS) is 44.0. The largest absolute Gasteiger partial charge is 0.460 e. The number of hydrogen-bond donors (Lipinski definition) is 1. The Hall–Kier alpha value is -1.42. The Labute approximate surface area is 118 Å². The molecular weight excluding hydrogens is 256 g/mol. The van der Waals surface area contributed by atoms with Gasteiger partial charge in [0.25, 0.3) is 0 Å². The minimum absolute atomic E-state index is 0.00838. The molecule has 1 fully saturated rings. The van der Waals surface area contributed by atoms with Crippen molar-refractivity contribution in [1.82, 2.24) is 0 Å². The molecule has 0 aromatic heterocycles. The maximum absolute atomic E-state index is 12.3. The van der Waals surface area contributed by atoms with Crippen LogP contribution in [-0.2, 0) is 14.3 Å². The average Bonchev–Trinajstić information content (AvgIpc) is 2.73. The SMILES string of the molecule is CC1=CC(=O)C2=C(C)CC(O)C3C(C)C(=O)OC3C12C. The summed E-state index contributed by atoms with van der Waals surface area (Å²) in [6, 6.07) is 0. The summed E-state index contributed by atoms with van der Waals surface area (Å²) in [6.07, 6.45) is 0.983. The molecule has 0 amide bonds. The Morgan fingerprint density at radius 2 is 2.00 bits per heavy atom. The number of allylic oxidation sites excluding steroid dienone is 1. The smallest absolute Gasteiger partial charge is 0.309 e. The lowest BCUT2D eigenvalue weighted by molar-refractivity contribution is -0.146. The van der Waals surface area contributed by atoms with Crippen LogP contribution in [0.5, 0.6) is 0 Å². The van der Waals surface area contributed by atoms with Gasteiger partial charge in [-0.3, -0.25) is 9.59 Å². The van der Waals surface area contributed by atoms with Crippen LogP contribution in [0, 0.1) is 17.3 Å². The summed E-state index contributed by atoms with van der Waals surface area (Å²) >= 11 is 0. The molecule has 0 radical (unpaired) electrons. The fraction of sp³-hybridized carbons (Fsp3) is 0.625. The molecule has 0 aromatic rings. The van der Waals surface area contributed by atoms with Crippen molar-refractivity contribution >= 4 is 11.8 Å². The van der Waals surface area contributed by atoms with E-state index in [1.54, 1.807) is 13.0 Å². The second-order valence-electron chi connectivity index (χ2n) is 6.54. The molecule has 4 nitrogen and oxygen atoms in total. The summed E-state index contributed by atoms with van der Waals surface area (Å²) in [4.78, 5) is 24.2. The van der Waals surface area contributed by atoms with Crippen molar-refractivity contribution in [3.8, 4) is 0 Å². The Balaban J connectivity index is 2.21. The molecule has 5 atom stereocenters. The maximum Gasteiger partial charge on any atom is 0.309 e. The van der Waals surface area contributed by atoms with Gasteiger partial charge in [-0.2, -0.15) is 0 Å². The van der Waals surface area contributed by atoms with E-state index < -0.39 is 17.6 Å². The highest BCUT2D eigenvalue weighted by Crippen LogP contribution is 2.55. The predicted molar refractivity (Wildman–Crippen MR) is 72.7 cm³/mol. The van der Waals surface area contributed by atoms with Crippen LogP contribution in [0.15, 0.2) is 22.8 Å². The number of esters is 1. The zero-order valence-electron chi connectivity index (χ0n) is 12.3. The van der Waals surface area contributed by atoms with Crippen molar-refractivity contribution in [3.05, 3.63) is 22.8 Å². The molecule has 1 aliphatic heterocycles. The number of carbonyl (C=O) groups excluding carboxylic acids is 2. The summed E-state index contributed by atoms with van der Waals surface area (Å²) < 4.78 is 5.59. The number of aliphatic hydroxyl groups is 1. The lowest BCUT2D eigenvalue weighted by Gasteiger charge is -2.36. The topological polar surface area (TPSA) is 63.6 Å². The number of rotatable bonds is 0. The molecule has 0 aromatic carbocycles. The van der Waals surface area contributed by atoms with Gasteiger partial charge in [-0.15, -0.1) is 0 Å². The predicted octanol–water partition coefficient (Wildman–Crippen LogP) is 1.78. The molecule has 4 heteroatoms. The van der Waals surface area contributed by atoms with E-state index in [4.69, 9.17) is 4.74 Å². The summed E-state index contributed by atoms with van der Waals surface area (Å²) in [5.74, 6) is -0.867. The molecular formula is C16H20O4. The lowest BCUT2D eigenvalue weighted by Crippen LogP contribution is -2.41. The Morgan fingerprint density at radius 1 is 1.35 bits per heavy atom. The van der Waals surface area contributed by atoms with Gasteiger partial charge in [0, 0.05) is 11.5 Å². The van der Waals surface area contributed by atoms with Crippen molar-refractivity contribution in [2.24, 2.45) is 17.3 Å². The molecule has 5 unspecified atom stereocenters. The third kappa shape index (κ3) is 1.46. The van der Waals surface area contributed by atoms with Crippen LogP contribution in [0.25, 0.3) is 0 Å². The number of aliphatic hydroxyl groups excluding tert-OH is 1. The van der Waals surface area contributed by atoms with Gasteiger partial charge in [0.05, 0.1) is 17.4 Å². The van der Waals surface area contributed by atoms with Crippen molar-refractivity contribution < 1.29 is 19.4 Å². The van der Waals surface area contributed by atoms with Crippen LogP contribution >= 0.6 is 0 Å². The molecule has 1 saturated heterocycles. The Bertz CT molecular complexity index is 571. The molecule has 108 valence electrons. The summed E-state index contributed by atoms with van der Waals surface area (Å²) in [7, 11) is 0. The van der Waals surface area contributed by atoms with Gasteiger partial charge in [-0.05, 0) is 33.3 Å². The van der Waals surface area contributed by atoms with E-state index >= 15 is 0 Å². The fourth-order valence-corrected chi connectivity index (χ4v) is 4.21. The van der Waals surface area contributed by atoms with Crippen molar-refractivity contribution in [3.63, 3.8) is 0 Å². The maximum atomic E-state index is 12.3. The van der Waals surface area contributed by atoms with Crippen LogP contribution in [0.1, 0.15) is 34.1 Å². The van der Waals surface area contributed by atoms with Gasteiger partial charge in [0.1, 0.15) is 6.10 Å². The monoisotopic (exact) mass is 276 g/mol. The average molecular weight is 276 g/mol. The third-order valence-corrected chi connectivity index (χ3v) is 5.43. The standard InChI is InChI=1S/C16H20O4/c1-7-5-10(17)12-9(3)15(19)20-14(12)16(4)8(2)6-11(18)13(7)16/h6,9-10,12,14,17H,5H2,1-4H3. The van der Waals surface area contributed by atoms with Crippen LogP contribution in [-0.4, -0.2) is 29.1 Å². The van der Waals surface area contributed by atoms with Gasteiger partial charge in [0.15, 0.2) is 5.78 Å². The van der Waals surface area contributed by atoms with E-state index in [1.807, 2.05) is 20.8 Å². The second-order valence-corrected chi connectivity index (χ2v) is 6.54. The molecule has 0 spiro atoms. The highest BCUT2D eigenvalue weighted by atomic mass is 16.6. The van der Waals surface area contributed by atoms with Crippen LogP contribution in [0.3, 0.4) is 0 Å². The first-order valence-electron chi connectivity index (χ1n) is 7.10. The Morgan fingerprint density at radius 3 is 2.65 bits per heavy atom. The van der Waals surface area contributed by atoms with E-state index in [2.05, 4.69) is 0 Å². The number of ether oxygens (including phenoxy) is 1. The highest BCUT2D eigenvalue weighted by molar-refractivity contribution is 6.10. The van der Waals surface area contributed by atoms with Gasteiger partial charge in [-0.25, -0.2) is 0 Å². The third-order valence-electron chi connectivity index (χ3n) is 5.43. The van der Waals surface area contributed by atoms with Crippen molar-refractivity contribution in [1.29, 1.82) is 0 Å². The van der Waals surface area contributed by atoms with E-state index in [9.17, 15) is 14.7 Å². The molecule has 2 aliphatic carbocycles. The summed E-state index contributed by atoms with van der Waals surface area (Å²) in [5.41, 5.74) is 1.95. The van der Waals surface area contributed by atoms with Gasteiger partial charge >= 0.3 is 5.97 Å². The highest BCUT2D eigenvalue weighted by Gasteiger charge is 2.59. The van der Waals surface area contributed by atoms with E-state index in [1.165, 1.54) is 0 Å². The van der Waals surface area contributed by atoms with E-state index in [0.29, 0.717) is 12.0 Å². The number of hydrogen-bond acceptors (Lipinski definition) is 4. The first kappa shape index (κ1) is 13.6. The molecule has 1 heterocycles. The van der Waals surface area contributed by atoms with Crippen molar-refractivity contribution in [2.75, 3.05) is 0 Å². The quantitative estimate of drug-likeness (QED) is 0.685. The summed E-state index contributed by atoms with van der Waals surface area (Å²) in [6.45, 7) is 7.57. The van der Waals surface area contributed by atoms with Crippen molar-refractivity contribution in [2.45, 2.75) is 46.3 Å². The number of carbonyl (C=O) groups is 2. The van der Waals surface area contributed by atoms with Crippen LogP contribution in [0.2, 0.25) is 0 Å². The molecule has 20 heavy (non-hydrogen) atoms. The van der Waals surface area contributed by atoms with E-state index in [0.717, 1.165) is 11.1 Å². The van der Waals surface area contributed by atoms with Gasteiger partial charge in [0.2, 0.25) is 0 Å². The summed E-state index contributed by atoms with van der Waals surface area (Å²) in [5, 5.41) is 10.5. The first-order chi connectivity index (χ1) is 9.28. The van der Waals surface area contributed by atoms with Crippen LogP contribution in [0.4, 0.5) is 0 Å². The molecule has 1 N–H and O–H groups in total. The zero-order valence-corrected chi connectivity index (χ0v) is 12.3. The number of fused-ring (bicyclic) bond motifs is 3. The fourth-order valence-electron chi connectivity index (χ4n) is 4.21. The second kappa shape index (κ2) is 4.04. The molecule has 3 aliphatic rings. The van der Waals surface area contributed by atoms with Crippen LogP contribution < -0.4 is 0 Å². The zero-order chi connectivity index (χ0) is 14.8. The first-order valence-corrected chi connectivity index (χ1v) is 7.10. The number of ketones is 1. The molecule has 3 rings (SSSR count). The minimum Gasteiger partial charge on any atom is -0.460 e. The van der Waals surface area contributed by atoms with Gasteiger partial charge in [-0.1, -0.05) is 18.1 Å². The minimum atomic E-state index is -0.642. The van der Waals surface area contributed by atoms with E-state index in [-0.39, 0.29) is 23.6 Å². The molecule has 0 bridgehead atoms.